The Kier molecular flexibility index (Phi) is 5.55. The number of esters is 1. The third kappa shape index (κ3) is 3.52. The number of hydrogen-bond donors (Lipinski definition) is 0. The van der Waals surface area contributed by atoms with E-state index < -0.39 is 23.8 Å². The number of amides is 2. The Morgan fingerprint density at radius 3 is 2.32 bits per heavy atom. The summed E-state index contributed by atoms with van der Waals surface area (Å²) in [6.07, 6.45) is 0.594. The van der Waals surface area contributed by atoms with Crippen molar-refractivity contribution in [1.29, 1.82) is 5.26 Å². The van der Waals surface area contributed by atoms with E-state index in [0.29, 0.717) is 28.7 Å². The lowest BCUT2D eigenvalue weighted by molar-refractivity contribution is -0.151. The predicted octanol–water partition coefficient (Wildman–Crippen LogP) is 3.31. The summed E-state index contributed by atoms with van der Waals surface area (Å²) in [7, 11) is 0. The summed E-state index contributed by atoms with van der Waals surface area (Å²) in [6.45, 7) is 3.66. The summed E-state index contributed by atoms with van der Waals surface area (Å²) in [4.78, 5) is 39.5. The van der Waals surface area contributed by atoms with Crippen molar-refractivity contribution in [3.8, 4) is 6.07 Å². The first kappa shape index (κ1) is 19.3. The molecule has 1 aliphatic rings. The second kappa shape index (κ2) is 8.05. The van der Waals surface area contributed by atoms with Crippen molar-refractivity contribution in [3.05, 3.63) is 70.8 Å². The maximum absolute atomic E-state index is 12.9. The van der Waals surface area contributed by atoms with Crippen LogP contribution < -0.4 is 0 Å². The second-order valence-corrected chi connectivity index (χ2v) is 6.78. The lowest BCUT2D eigenvalue weighted by Gasteiger charge is -2.29. The Balaban J connectivity index is 1.83. The van der Waals surface area contributed by atoms with Crippen LogP contribution in [0.3, 0.4) is 0 Å². The topological polar surface area (TPSA) is 87.5 Å². The van der Waals surface area contributed by atoms with Gasteiger partial charge in [-0.25, -0.2) is 4.79 Å². The molecule has 0 aliphatic carbocycles. The summed E-state index contributed by atoms with van der Waals surface area (Å²) in [5, 5.41) is 8.98. The van der Waals surface area contributed by atoms with Crippen LogP contribution in [0.25, 0.3) is 0 Å². The first-order chi connectivity index (χ1) is 13.5. The van der Waals surface area contributed by atoms with Crippen LogP contribution in [0.1, 0.15) is 52.1 Å². The van der Waals surface area contributed by atoms with Gasteiger partial charge in [-0.1, -0.05) is 44.5 Å². The monoisotopic (exact) mass is 376 g/mol. The number of carbonyl (C=O) groups is 3. The molecule has 0 bridgehead atoms. The van der Waals surface area contributed by atoms with Gasteiger partial charge in [-0.3, -0.25) is 14.5 Å². The molecule has 2 amide bonds. The van der Waals surface area contributed by atoms with Gasteiger partial charge in [0.2, 0.25) is 0 Å². The smallest absolute Gasteiger partial charge is 0.329 e. The molecule has 3 rings (SSSR count). The average Bonchev–Trinajstić information content (AvgIpc) is 2.98. The standard InChI is InChI=1S/C22H20N2O4/c1-3-14(2)19(22(27)28-13-16-8-6-7-15(11-16)12-23)24-20(25)17-9-4-5-10-18(17)21(24)26/h4-11,14,19H,3,13H2,1-2H3/t14-,19+/m0/s1. The van der Waals surface area contributed by atoms with E-state index in [4.69, 9.17) is 10.00 Å². The van der Waals surface area contributed by atoms with Crippen LogP contribution in [0.2, 0.25) is 0 Å². The zero-order chi connectivity index (χ0) is 20.3. The molecule has 6 heteroatoms. The van der Waals surface area contributed by atoms with E-state index in [1.165, 1.54) is 0 Å². The van der Waals surface area contributed by atoms with Crippen molar-refractivity contribution in [2.24, 2.45) is 5.92 Å². The minimum atomic E-state index is -1.00. The number of nitrogens with zero attached hydrogens (tertiary/aromatic N) is 2. The van der Waals surface area contributed by atoms with Gasteiger partial charge in [0.1, 0.15) is 12.6 Å². The molecule has 0 aromatic heterocycles. The van der Waals surface area contributed by atoms with Gasteiger partial charge in [0.15, 0.2) is 0 Å². The van der Waals surface area contributed by atoms with E-state index in [0.717, 1.165) is 4.90 Å². The molecule has 2 atom stereocenters. The maximum atomic E-state index is 12.9. The van der Waals surface area contributed by atoms with Gasteiger partial charge in [-0.05, 0) is 35.7 Å². The molecule has 0 radical (unpaired) electrons. The van der Waals surface area contributed by atoms with E-state index in [9.17, 15) is 14.4 Å². The molecular weight excluding hydrogens is 356 g/mol. The number of hydrogen-bond acceptors (Lipinski definition) is 5. The van der Waals surface area contributed by atoms with Crippen molar-refractivity contribution < 1.29 is 19.1 Å². The number of rotatable bonds is 6. The van der Waals surface area contributed by atoms with Crippen LogP contribution >= 0.6 is 0 Å². The molecule has 0 unspecified atom stereocenters. The molecule has 142 valence electrons. The Morgan fingerprint density at radius 1 is 1.11 bits per heavy atom. The van der Waals surface area contributed by atoms with Gasteiger partial charge < -0.3 is 4.74 Å². The molecule has 6 nitrogen and oxygen atoms in total. The van der Waals surface area contributed by atoms with Gasteiger partial charge in [0.05, 0.1) is 22.8 Å². The van der Waals surface area contributed by atoms with Crippen molar-refractivity contribution in [2.75, 3.05) is 0 Å². The summed E-state index contributed by atoms with van der Waals surface area (Å²) in [5.41, 5.74) is 1.73. The fraction of sp³-hybridized carbons (Fsp3) is 0.273. The molecule has 0 saturated carbocycles. The quantitative estimate of drug-likeness (QED) is 0.570. The molecule has 2 aromatic rings. The molecule has 1 aliphatic heterocycles. The lowest BCUT2D eigenvalue weighted by atomic mass is 9.97. The number of ether oxygens (including phenoxy) is 1. The molecule has 2 aromatic carbocycles. The molecule has 0 spiro atoms. The highest BCUT2D eigenvalue weighted by Crippen LogP contribution is 2.28. The zero-order valence-electron chi connectivity index (χ0n) is 15.7. The van der Waals surface area contributed by atoms with Crippen molar-refractivity contribution in [2.45, 2.75) is 32.9 Å². The van der Waals surface area contributed by atoms with E-state index in [1.807, 2.05) is 19.9 Å². The summed E-state index contributed by atoms with van der Waals surface area (Å²) in [6, 6.07) is 14.3. The van der Waals surface area contributed by atoms with Crippen LogP contribution in [0, 0.1) is 17.2 Å². The van der Waals surface area contributed by atoms with Crippen LogP contribution in [-0.4, -0.2) is 28.7 Å². The Labute approximate surface area is 163 Å². The number of fused-ring (bicyclic) bond motifs is 1. The fourth-order valence-electron chi connectivity index (χ4n) is 3.25. The summed E-state index contributed by atoms with van der Waals surface area (Å²) < 4.78 is 5.43. The minimum absolute atomic E-state index is 0.0372. The third-order valence-electron chi connectivity index (χ3n) is 4.97. The average molecular weight is 376 g/mol. The number of carbonyl (C=O) groups excluding carboxylic acids is 3. The largest absolute Gasteiger partial charge is 0.459 e. The molecule has 0 fully saturated rings. The molecule has 0 N–H and O–H groups in total. The van der Waals surface area contributed by atoms with Crippen LogP contribution in [0.15, 0.2) is 48.5 Å². The van der Waals surface area contributed by atoms with Crippen molar-refractivity contribution in [1.82, 2.24) is 4.90 Å². The van der Waals surface area contributed by atoms with Gasteiger partial charge in [-0.15, -0.1) is 0 Å². The Bertz CT molecular complexity index is 941. The maximum Gasteiger partial charge on any atom is 0.329 e. The summed E-state index contributed by atoms with van der Waals surface area (Å²) in [5.74, 6) is -1.85. The fourth-order valence-corrected chi connectivity index (χ4v) is 3.25. The van der Waals surface area contributed by atoms with Crippen LogP contribution in [0.4, 0.5) is 0 Å². The first-order valence-corrected chi connectivity index (χ1v) is 9.10. The van der Waals surface area contributed by atoms with Gasteiger partial charge in [-0.2, -0.15) is 5.26 Å². The zero-order valence-corrected chi connectivity index (χ0v) is 15.7. The minimum Gasteiger partial charge on any atom is -0.459 e. The highest BCUT2D eigenvalue weighted by Gasteiger charge is 2.45. The molecular formula is C22H20N2O4. The highest BCUT2D eigenvalue weighted by atomic mass is 16.5. The number of imide groups is 1. The molecule has 28 heavy (non-hydrogen) atoms. The van der Waals surface area contributed by atoms with E-state index in [-0.39, 0.29) is 12.5 Å². The van der Waals surface area contributed by atoms with Crippen LogP contribution in [0.5, 0.6) is 0 Å². The van der Waals surface area contributed by atoms with E-state index in [2.05, 4.69) is 0 Å². The predicted molar refractivity (Wildman–Crippen MR) is 101 cm³/mol. The summed E-state index contributed by atoms with van der Waals surface area (Å²) >= 11 is 0. The SMILES string of the molecule is CC[C@H](C)[C@H](C(=O)OCc1cccc(C#N)c1)N1C(=O)c2ccccc2C1=O. The third-order valence-corrected chi connectivity index (χ3v) is 4.97. The lowest BCUT2D eigenvalue weighted by Crippen LogP contribution is -2.49. The first-order valence-electron chi connectivity index (χ1n) is 9.10. The highest BCUT2D eigenvalue weighted by molar-refractivity contribution is 6.22. The Morgan fingerprint density at radius 2 is 1.75 bits per heavy atom. The molecule has 1 heterocycles. The number of benzene rings is 2. The van der Waals surface area contributed by atoms with Crippen molar-refractivity contribution >= 4 is 17.8 Å². The van der Waals surface area contributed by atoms with Crippen LogP contribution in [-0.2, 0) is 16.1 Å². The van der Waals surface area contributed by atoms with Gasteiger partial charge in [0.25, 0.3) is 11.8 Å². The van der Waals surface area contributed by atoms with E-state index >= 15 is 0 Å². The van der Waals surface area contributed by atoms with E-state index in [1.54, 1.807) is 48.5 Å². The van der Waals surface area contributed by atoms with Crippen molar-refractivity contribution in [3.63, 3.8) is 0 Å². The molecule has 0 saturated heterocycles. The van der Waals surface area contributed by atoms with Gasteiger partial charge in [0, 0.05) is 0 Å². The number of nitriles is 1. The van der Waals surface area contributed by atoms with Gasteiger partial charge >= 0.3 is 5.97 Å². The second-order valence-electron chi connectivity index (χ2n) is 6.78. The normalized spacial score (nSPS) is 15.0. The Hall–Kier alpha value is -3.46.